The first-order chi connectivity index (χ1) is 8.06. The zero-order valence-electron chi connectivity index (χ0n) is 10.7. The van der Waals surface area contributed by atoms with Crippen LogP contribution in [0.15, 0.2) is 35.4 Å². The van der Waals surface area contributed by atoms with Gasteiger partial charge in [-0.25, -0.2) is 0 Å². The highest BCUT2D eigenvalue weighted by molar-refractivity contribution is 6.30. The van der Waals surface area contributed by atoms with Gasteiger partial charge in [-0.1, -0.05) is 35.7 Å². The lowest BCUT2D eigenvalue weighted by atomic mass is 9.84. The van der Waals surface area contributed by atoms with E-state index in [1.54, 1.807) is 0 Å². The summed E-state index contributed by atoms with van der Waals surface area (Å²) in [5, 5.41) is 0.731. The van der Waals surface area contributed by atoms with Crippen LogP contribution in [-0.4, -0.2) is 6.10 Å². The first-order valence-electron chi connectivity index (χ1n) is 6.13. The molecule has 1 aliphatic rings. The van der Waals surface area contributed by atoms with Gasteiger partial charge in [0.1, 0.15) is 11.9 Å². The van der Waals surface area contributed by atoms with Gasteiger partial charge in [-0.15, -0.1) is 0 Å². The quantitative estimate of drug-likeness (QED) is 0.682. The summed E-state index contributed by atoms with van der Waals surface area (Å²) in [5.74, 6) is 1.44. The molecule has 17 heavy (non-hydrogen) atoms. The molecule has 0 fully saturated rings. The third-order valence-electron chi connectivity index (χ3n) is 3.58. The summed E-state index contributed by atoms with van der Waals surface area (Å²) in [4.78, 5) is 0. The number of hydrogen-bond donors (Lipinski definition) is 0. The molecule has 0 amide bonds. The van der Waals surface area contributed by atoms with Crippen molar-refractivity contribution in [2.75, 3.05) is 0 Å². The summed E-state index contributed by atoms with van der Waals surface area (Å²) in [6.07, 6.45) is 2.44. The second-order valence-electron chi connectivity index (χ2n) is 5.06. The monoisotopic (exact) mass is 250 g/mol. The van der Waals surface area contributed by atoms with E-state index in [1.165, 1.54) is 11.1 Å². The van der Waals surface area contributed by atoms with Crippen molar-refractivity contribution in [1.29, 1.82) is 0 Å². The fourth-order valence-electron chi connectivity index (χ4n) is 2.34. The predicted molar refractivity (Wildman–Crippen MR) is 72.6 cm³/mol. The van der Waals surface area contributed by atoms with Gasteiger partial charge in [-0.2, -0.15) is 0 Å². The summed E-state index contributed by atoms with van der Waals surface area (Å²) in [6.45, 7) is 6.68. The van der Waals surface area contributed by atoms with Crippen molar-refractivity contribution in [3.8, 4) is 5.75 Å². The Morgan fingerprint density at radius 2 is 1.88 bits per heavy atom. The van der Waals surface area contributed by atoms with Crippen LogP contribution < -0.4 is 4.74 Å². The van der Waals surface area contributed by atoms with E-state index in [-0.39, 0.29) is 6.10 Å². The molecule has 1 aromatic carbocycles. The Balaban J connectivity index is 2.10. The van der Waals surface area contributed by atoms with Crippen LogP contribution in [0.2, 0.25) is 5.02 Å². The van der Waals surface area contributed by atoms with Gasteiger partial charge in [0, 0.05) is 11.4 Å². The second kappa shape index (κ2) is 5.14. The van der Waals surface area contributed by atoms with Crippen molar-refractivity contribution in [3.05, 3.63) is 40.4 Å². The van der Waals surface area contributed by atoms with Crippen LogP contribution in [0.4, 0.5) is 0 Å². The van der Waals surface area contributed by atoms with Gasteiger partial charge in [0.05, 0.1) is 0 Å². The molecule has 2 atom stereocenters. The van der Waals surface area contributed by atoms with E-state index < -0.39 is 0 Å². The van der Waals surface area contributed by atoms with Gasteiger partial charge >= 0.3 is 0 Å². The molecule has 0 saturated heterocycles. The standard InChI is InChI=1S/C15H19ClO/c1-10-7-12(3)15(8-11(10)2)17-14-6-4-5-13(16)9-14/h4-6,9,12,15H,7-8H2,1-3H3/t12-,15-/m0/s1. The minimum Gasteiger partial charge on any atom is -0.490 e. The molecule has 0 bridgehead atoms. The molecule has 0 spiro atoms. The normalized spacial score (nSPS) is 24.9. The molecule has 0 radical (unpaired) electrons. The molecule has 0 heterocycles. The summed E-state index contributed by atoms with van der Waals surface area (Å²) in [6, 6.07) is 7.65. The van der Waals surface area contributed by atoms with Crippen LogP contribution >= 0.6 is 11.6 Å². The number of halogens is 1. The molecule has 2 heteroatoms. The van der Waals surface area contributed by atoms with Crippen molar-refractivity contribution in [2.24, 2.45) is 5.92 Å². The average Bonchev–Trinajstić information content (AvgIpc) is 2.26. The molecular weight excluding hydrogens is 232 g/mol. The maximum atomic E-state index is 6.05. The molecule has 92 valence electrons. The summed E-state index contributed by atoms with van der Waals surface area (Å²) >= 11 is 5.96. The van der Waals surface area contributed by atoms with Crippen molar-refractivity contribution in [3.63, 3.8) is 0 Å². The van der Waals surface area contributed by atoms with Crippen molar-refractivity contribution >= 4 is 11.6 Å². The van der Waals surface area contributed by atoms with Gasteiger partial charge in [-0.05, 0) is 44.4 Å². The second-order valence-corrected chi connectivity index (χ2v) is 5.50. The summed E-state index contributed by atoms with van der Waals surface area (Å²) < 4.78 is 6.05. The van der Waals surface area contributed by atoms with E-state index in [1.807, 2.05) is 24.3 Å². The number of rotatable bonds is 2. The van der Waals surface area contributed by atoms with Crippen LogP contribution in [-0.2, 0) is 0 Å². The van der Waals surface area contributed by atoms with Crippen LogP contribution in [0.5, 0.6) is 5.75 Å². The lowest BCUT2D eigenvalue weighted by Crippen LogP contribution is -2.29. The topological polar surface area (TPSA) is 9.23 Å². The first-order valence-corrected chi connectivity index (χ1v) is 6.51. The molecule has 0 N–H and O–H groups in total. The highest BCUT2D eigenvalue weighted by Crippen LogP contribution is 2.32. The van der Waals surface area contributed by atoms with E-state index in [4.69, 9.17) is 16.3 Å². The Kier molecular flexibility index (Phi) is 3.78. The highest BCUT2D eigenvalue weighted by atomic mass is 35.5. The van der Waals surface area contributed by atoms with Gasteiger partial charge in [0.25, 0.3) is 0 Å². The Morgan fingerprint density at radius 3 is 2.59 bits per heavy atom. The average molecular weight is 251 g/mol. The molecular formula is C15H19ClO. The van der Waals surface area contributed by atoms with Gasteiger partial charge < -0.3 is 4.74 Å². The zero-order chi connectivity index (χ0) is 12.4. The van der Waals surface area contributed by atoms with Crippen molar-refractivity contribution in [1.82, 2.24) is 0 Å². The largest absolute Gasteiger partial charge is 0.490 e. The Bertz CT molecular complexity index is 436. The molecule has 0 saturated carbocycles. The van der Waals surface area contributed by atoms with Crippen molar-refractivity contribution < 1.29 is 4.74 Å². The lowest BCUT2D eigenvalue weighted by Gasteiger charge is -2.31. The number of hydrogen-bond acceptors (Lipinski definition) is 1. The van der Waals surface area contributed by atoms with Crippen LogP contribution in [0.3, 0.4) is 0 Å². The van der Waals surface area contributed by atoms with E-state index in [0.29, 0.717) is 5.92 Å². The molecule has 1 nitrogen and oxygen atoms in total. The Morgan fingerprint density at radius 1 is 1.18 bits per heavy atom. The van der Waals surface area contributed by atoms with Gasteiger partial charge in [0.2, 0.25) is 0 Å². The maximum absolute atomic E-state index is 6.05. The van der Waals surface area contributed by atoms with Crippen LogP contribution in [0.1, 0.15) is 33.6 Å². The van der Waals surface area contributed by atoms with Crippen molar-refractivity contribution in [2.45, 2.75) is 39.7 Å². The lowest BCUT2D eigenvalue weighted by molar-refractivity contribution is 0.134. The smallest absolute Gasteiger partial charge is 0.121 e. The van der Waals surface area contributed by atoms with E-state index in [9.17, 15) is 0 Å². The Labute approximate surface area is 108 Å². The summed E-state index contributed by atoms with van der Waals surface area (Å²) in [7, 11) is 0. The number of benzene rings is 1. The molecule has 1 aliphatic carbocycles. The predicted octanol–water partition coefficient (Wildman–Crippen LogP) is 4.85. The van der Waals surface area contributed by atoms with Gasteiger partial charge in [0.15, 0.2) is 0 Å². The van der Waals surface area contributed by atoms with Crippen LogP contribution in [0, 0.1) is 5.92 Å². The minimum atomic E-state index is 0.275. The maximum Gasteiger partial charge on any atom is 0.121 e. The van der Waals surface area contributed by atoms with E-state index in [2.05, 4.69) is 20.8 Å². The highest BCUT2D eigenvalue weighted by Gasteiger charge is 2.25. The van der Waals surface area contributed by atoms with Crippen LogP contribution in [0.25, 0.3) is 0 Å². The zero-order valence-corrected chi connectivity index (χ0v) is 11.4. The fraction of sp³-hybridized carbons (Fsp3) is 0.467. The fourth-order valence-corrected chi connectivity index (χ4v) is 2.52. The minimum absolute atomic E-state index is 0.275. The third-order valence-corrected chi connectivity index (χ3v) is 3.82. The molecule has 2 rings (SSSR count). The molecule has 0 aromatic heterocycles. The summed E-state index contributed by atoms with van der Waals surface area (Å²) in [5.41, 5.74) is 2.98. The Hall–Kier alpha value is -0.950. The number of ether oxygens (including phenoxy) is 1. The number of allylic oxidation sites excluding steroid dienone is 1. The van der Waals surface area contributed by atoms with Gasteiger partial charge in [-0.3, -0.25) is 0 Å². The van der Waals surface area contributed by atoms with E-state index >= 15 is 0 Å². The SMILES string of the molecule is CC1=C(C)C[C@H](C)[C@@H](Oc2cccc(Cl)c2)C1. The first kappa shape index (κ1) is 12.5. The van der Waals surface area contributed by atoms with E-state index in [0.717, 1.165) is 23.6 Å². The molecule has 0 unspecified atom stereocenters. The molecule has 0 aliphatic heterocycles. The molecule has 1 aromatic rings. The third kappa shape index (κ3) is 3.04.